The van der Waals surface area contributed by atoms with Crippen LogP contribution in [0.4, 0.5) is 0 Å². The molecule has 4 nitrogen and oxygen atoms in total. The van der Waals surface area contributed by atoms with Crippen molar-refractivity contribution in [3.63, 3.8) is 0 Å². The van der Waals surface area contributed by atoms with Crippen molar-refractivity contribution in [2.75, 3.05) is 36.9 Å². The second kappa shape index (κ2) is 9.08. The van der Waals surface area contributed by atoms with E-state index in [1.807, 2.05) is 6.07 Å². The van der Waals surface area contributed by atoms with Crippen LogP contribution in [0.2, 0.25) is 0 Å². The molecule has 0 atom stereocenters. The van der Waals surface area contributed by atoms with Crippen molar-refractivity contribution in [2.24, 2.45) is 0 Å². The summed E-state index contributed by atoms with van der Waals surface area (Å²) in [7, 11) is -3.29. The quantitative estimate of drug-likeness (QED) is 0.652. The highest BCUT2D eigenvalue weighted by Crippen LogP contribution is 2.14. The highest BCUT2D eigenvalue weighted by atomic mass is 32.2. The Labute approximate surface area is 132 Å². The molecular formula is C15H22N2O2S2. The molecule has 0 bridgehead atoms. The molecule has 1 rings (SSSR count). The molecule has 0 spiro atoms. The maximum Gasteiger partial charge on any atom is 0.179 e. The Kier molecular flexibility index (Phi) is 7.79. The second-order valence-corrected chi connectivity index (χ2v) is 7.93. The van der Waals surface area contributed by atoms with Gasteiger partial charge in [-0.3, -0.25) is 0 Å². The molecule has 21 heavy (non-hydrogen) atoms. The average molecular weight is 326 g/mol. The molecular weight excluding hydrogens is 304 g/mol. The summed E-state index contributed by atoms with van der Waals surface area (Å²) in [6.07, 6.45) is 0. The van der Waals surface area contributed by atoms with Gasteiger partial charge in [0.2, 0.25) is 0 Å². The Bertz CT molecular complexity index is 576. The molecule has 0 aliphatic heterocycles. The topological polar surface area (TPSA) is 61.2 Å². The number of benzene rings is 1. The van der Waals surface area contributed by atoms with E-state index in [1.165, 1.54) is 6.07 Å². The molecule has 0 saturated carbocycles. The molecule has 0 amide bonds. The Morgan fingerprint density at radius 3 is 2.57 bits per heavy atom. The summed E-state index contributed by atoms with van der Waals surface area (Å²) in [4.78, 5) is 2.56. The first-order chi connectivity index (χ1) is 10.0. The normalized spacial score (nSPS) is 11.5. The molecule has 0 aliphatic carbocycles. The third kappa shape index (κ3) is 6.08. The molecule has 1 aromatic carbocycles. The summed E-state index contributed by atoms with van der Waals surface area (Å²) in [5.41, 5.74) is 0.380. The number of nitrogens with zero attached hydrogens (tertiary/aromatic N) is 2. The van der Waals surface area contributed by atoms with Gasteiger partial charge in [0.1, 0.15) is 0 Å². The van der Waals surface area contributed by atoms with Crippen molar-refractivity contribution in [2.45, 2.75) is 18.7 Å². The Hall–Kier alpha value is -1.03. The van der Waals surface area contributed by atoms with Crippen molar-refractivity contribution in [1.82, 2.24) is 4.90 Å². The molecule has 1 aromatic rings. The fraction of sp³-hybridized carbons (Fsp3) is 0.533. The minimum absolute atomic E-state index is 0.116. The van der Waals surface area contributed by atoms with Gasteiger partial charge in [0, 0.05) is 18.1 Å². The minimum Gasteiger partial charge on any atom is -0.303 e. The van der Waals surface area contributed by atoms with Gasteiger partial charge in [-0.1, -0.05) is 19.9 Å². The lowest BCUT2D eigenvalue weighted by Crippen LogP contribution is -2.25. The van der Waals surface area contributed by atoms with E-state index in [9.17, 15) is 8.42 Å². The van der Waals surface area contributed by atoms with Gasteiger partial charge in [0.15, 0.2) is 9.84 Å². The third-order valence-electron chi connectivity index (χ3n) is 3.26. The lowest BCUT2D eigenvalue weighted by atomic mass is 10.2. The monoisotopic (exact) mass is 326 g/mol. The number of rotatable bonds is 9. The van der Waals surface area contributed by atoms with Gasteiger partial charge in [-0.25, -0.2) is 8.42 Å². The molecule has 6 heteroatoms. The highest BCUT2D eigenvalue weighted by molar-refractivity contribution is 8.00. The number of nitriles is 1. The molecule has 0 aliphatic rings. The number of hydrogen-bond donors (Lipinski definition) is 0. The lowest BCUT2D eigenvalue weighted by Gasteiger charge is -2.17. The fourth-order valence-electron chi connectivity index (χ4n) is 1.88. The van der Waals surface area contributed by atoms with Crippen LogP contribution < -0.4 is 0 Å². The minimum atomic E-state index is -3.29. The van der Waals surface area contributed by atoms with Crippen LogP contribution in [0.15, 0.2) is 29.2 Å². The molecule has 0 radical (unpaired) electrons. The van der Waals surface area contributed by atoms with E-state index in [4.69, 9.17) is 5.26 Å². The van der Waals surface area contributed by atoms with Crippen LogP contribution in [-0.2, 0) is 9.84 Å². The van der Waals surface area contributed by atoms with E-state index in [2.05, 4.69) is 18.7 Å². The molecule has 0 aromatic heterocycles. The Morgan fingerprint density at radius 2 is 1.95 bits per heavy atom. The van der Waals surface area contributed by atoms with Crippen LogP contribution in [-0.4, -0.2) is 50.2 Å². The van der Waals surface area contributed by atoms with Gasteiger partial charge in [-0.2, -0.15) is 17.0 Å². The molecule has 0 unspecified atom stereocenters. The van der Waals surface area contributed by atoms with E-state index in [1.54, 1.807) is 30.0 Å². The first kappa shape index (κ1) is 18.0. The van der Waals surface area contributed by atoms with E-state index in [-0.39, 0.29) is 10.6 Å². The fourth-order valence-corrected chi connectivity index (χ4v) is 4.65. The summed E-state index contributed by atoms with van der Waals surface area (Å²) < 4.78 is 24.4. The highest BCUT2D eigenvalue weighted by Gasteiger charge is 2.14. The van der Waals surface area contributed by atoms with Gasteiger partial charge in [-0.05, 0) is 31.3 Å². The Balaban J connectivity index is 2.45. The van der Waals surface area contributed by atoms with Crippen molar-refractivity contribution >= 4 is 21.6 Å². The summed E-state index contributed by atoms with van der Waals surface area (Å²) in [6.45, 7) is 7.29. The largest absolute Gasteiger partial charge is 0.303 e. The zero-order chi connectivity index (χ0) is 15.7. The van der Waals surface area contributed by atoms with Gasteiger partial charge < -0.3 is 4.90 Å². The maximum absolute atomic E-state index is 12.2. The zero-order valence-corrected chi connectivity index (χ0v) is 14.2. The lowest BCUT2D eigenvalue weighted by molar-refractivity contribution is 0.324. The first-order valence-corrected chi connectivity index (χ1v) is 9.87. The van der Waals surface area contributed by atoms with Gasteiger partial charge in [-0.15, -0.1) is 0 Å². The van der Waals surface area contributed by atoms with Crippen molar-refractivity contribution in [1.29, 1.82) is 5.26 Å². The molecule has 0 fully saturated rings. The van der Waals surface area contributed by atoms with Gasteiger partial charge in [0.25, 0.3) is 0 Å². The Morgan fingerprint density at radius 1 is 1.24 bits per heavy atom. The van der Waals surface area contributed by atoms with Crippen LogP contribution in [0.5, 0.6) is 0 Å². The predicted molar refractivity (Wildman–Crippen MR) is 88.3 cm³/mol. The summed E-state index contributed by atoms with van der Waals surface area (Å²) in [6, 6.07) is 8.18. The van der Waals surface area contributed by atoms with Crippen LogP contribution in [0.25, 0.3) is 0 Å². The van der Waals surface area contributed by atoms with E-state index in [0.29, 0.717) is 11.3 Å². The number of hydrogen-bond acceptors (Lipinski definition) is 5. The second-order valence-electron chi connectivity index (χ2n) is 4.60. The zero-order valence-electron chi connectivity index (χ0n) is 12.6. The molecule has 0 heterocycles. The average Bonchev–Trinajstić information content (AvgIpc) is 2.51. The SMILES string of the molecule is CCN(CC)CCSCCS(=O)(=O)c1cccc(C#N)c1. The van der Waals surface area contributed by atoms with E-state index >= 15 is 0 Å². The van der Waals surface area contributed by atoms with Crippen molar-refractivity contribution in [3.8, 4) is 6.07 Å². The first-order valence-electron chi connectivity index (χ1n) is 7.06. The smallest absolute Gasteiger partial charge is 0.179 e. The number of sulfone groups is 1. The number of thioether (sulfide) groups is 1. The summed E-state index contributed by atoms with van der Waals surface area (Å²) >= 11 is 1.66. The maximum atomic E-state index is 12.2. The molecule has 116 valence electrons. The van der Waals surface area contributed by atoms with Crippen molar-refractivity contribution < 1.29 is 8.42 Å². The van der Waals surface area contributed by atoms with E-state index < -0.39 is 9.84 Å². The third-order valence-corrected chi connectivity index (χ3v) is 6.20. The molecule has 0 saturated heterocycles. The van der Waals surface area contributed by atoms with Crippen molar-refractivity contribution in [3.05, 3.63) is 29.8 Å². The summed E-state index contributed by atoms with van der Waals surface area (Å²) in [5.74, 6) is 1.64. The standard InChI is InChI=1S/C15H22N2O2S2/c1-3-17(4-2)8-9-20-10-11-21(18,19)15-7-5-6-14(12-15)13-16/h5-7,12H,3-4,8-11H2,1-2H3. The van der Waals surface area contributed by atoms with Crippen LogP contribution in [0.3, 0.4) is 0 Å². The van der Waals surface area contributed by atoms with E-state index in [0.717, 1.165) is 25.4 Å². The van der Waals surface area contributed by atoms with Gasteiger partial charge in [0.05, 0.1) is 22.3 Å². The molecule has 0 N–H and O–H groups in total. The van der Waals surface area contributed by atoms with Gasteiger partial charge >= 0.3 is 0 Å². The predicted octanol–water partition coefficient (Wildman–Crippen LogP) is 2.41. The summed E-state index contributed by atoms with van der Waals surface area (Å²) in [5, 5.41) is 8.82. The van der Waals surface area contributed by atoms with Crippen LogP contribution in [0, 0.1) is 11.3 Å². The van der Waals surface area contributed by atoms with Crippen LogP contribution >= 0.6 is 11.8 Å². The van der Waals surface area contributed by atoms with Crippen LogP contribution in [0.1, 0.15) is 19.4 Å².